The van der Waals surface area contributed by atoms with Gasteiger partial charge in [0.05, 0.1) is 10.5 Å². The van der Waals surface area contributed by atoms with Crippen molar-refractivity contribution in [1.82, 2.24) is 10.0 Å². The molecule has 26 heavy (non-hydrogen) atoms. The Hall–Kier alpha value is -2.23. The molecule has 1 aromatic heterocycles. The van der Waals surface area contributed by atoms with Gasteiger partial charge in [0, 0.05) is 18.0 Å². The standard InChI is InChI=1S/C17H20N2O5S2/c1-2-19-26(22,23)15-7-3-5-13(11-15)17(21)24-12-16(20)18-9-8-14-6-4-10-25-14/h3-7,10-11,19H,2,8-9,12H2,1H3,(H,18,20). The van der Waals surface area contributed by atoms with Gasteiger partial charge in [0.25, 0.3) is 5.91 Å². The fourth-order valence-electron chi connectivity index (χ4n) is 2.11. The first-order valence-corrected chi connectivity index (χ1v) is 10.3. The highest BCUT2D eigenvalue weighted by Crippen LogP contribution is 2.12. The number of carbonyl (C=O) groups excluding carboxylic acids is 2. The molecule has 7 nitrogen and oxygen atoms in total. The van der Waals surface area contributed by atoms with E-state index in [1.165, 1.54) is 24.3 Å². The Kier molecular flexibility index (Phi) is 7.31. The van der Waals surface area contributed by atoms with Crippen LogP contribution in [-0.4, -0.2) is 40.0 Å². The molecule has 0 saturated heterocycles. The van der Waals surface area contributed by atoms with E-state index in [1.54, 1.807) is 18.3 Å². The van der Waals surface area contributed by atoms with Crippen LogP contribution in [0.15, 0.2) is 46.7 Å². The van der Waals surface area contributed by atoms with Crippen molar-refractivity contribution in [2.75, 3.05) is 19.7 Å². The third-order valence-electron chi connectivity index (χ3n) is 3.32. The molecule has 0 aliphatic heterocycles. The minimum atomic E-state index is -3.67. The summed E-state index contributed by atoms with van der Waals surface area (Å²) in [6, 6.07) is 9.39. The van der Waals surface area contributed by atoms with Gasteiger partial charge >= 0.3 is 5.97 Å². The van der Waals surface area contributed by atoms with Crippen molar-refractivity contribution >= 4 is 33.2 Å². The number of thiophene rings is 1. The van der Waals surface area contributed by atoms with Gasteiger partial charge in [-0.05, 0) is 36.1 Å². The summed E-state index contributed by atoms with van der Waals surface area (Å²) in [5, 5.41) is 4.63. The average Bonchev–Trinajstić information content (AvgIpc) is 3.13. The zero-order valence-electron chi connectivity index (χ0n) is 14.2. The van der Waals surface area contributed by atoms with E-state index < -0.39 is 28.5 Å². The van der Waals surface area contributed by atoms with Gasteiger partial charge < -0.3 is 10.1 Å². The summed E-state index contributed by atoms with van der Waals surface area (Å²) in [7, 11) is -3.67. The summed E-state index contributed by atoms with van der Waals surface area (Å²) in [6.07, 6.45) is 0.710. The lowest BCUT2D eigenvalue weighted by Crippen LogP contribution is -2.30. The Morgan fingerprint density at radius 1 is 1.19 bits per heavy atom. The summed E-state index contributed by atoms with van der Waals surface area (Å²) in [6.45, 7) is 1.93. The molecule has 2 rings (SSSR count). The second-order valence-electron chi connectivity index (χ2n) is 5.28. The highest BCUT2D eigenvalue weighted by Gasteiger charge is 2.16. The molecule has 0 aliphatic carbocycles. The normalized spacial score (nSPS) is 11.1. The Morgan fingerprint density at radius 2 is 2.00 bits per heavy atom. The zero-order chi connectivity index (χ0) is 19.0. The molecular weight excluding hydrogens is 376 g/mol. The highest BCUT2D eigenvalue weighted by molar-refractivity contribution is 7.89. The molecule has 0 saturated carbocycles. The molecule has 9 heteroatoms. The number of carbonyl (C=O) groups is 2. The Balaban J connectivity index is 1.84. The number of hydrogen-bond acceptors (Lipinski definition) is 6. The number of ether oxygens (including phenoxy) is 1. The van der Waals surface area contributed by atoms with Crippen LogP contribution in [0.2, 0.25) is 0 Å². The van der Waals surface area contributed by atoms with E-state index in [0.29, 0.717) is 13.0 Å². The smallest absolute Gasteiger partial charge is 0.338 e. The van der Waals surface area contributed by atoms with Gasteiger partial charge in [0.2, 0.25) is 10.0 Å². The van der Waals surface area contributed by atoms with Crippen LogP contribution < -0.4 is 10.0 Å². The summed E-state index contributed by atoms with van der Waals surface area (Å²) in [4.78, 5) is 24.9. The minimum absolute atomic E-state index is 0.0331. The minimum Gasteiger partial charge on any atom is -0.452 e. The van der Waals surface area contributed by atoms with Crippen LogP contribution in [0.3, 0.4) is 0 Å². The Morgan fingerprint density at radius 3 is 2.69 bits per heavy atom. The monoisotopic (exact) mass is 396 g/mol. The average molecular weight is 396 g/mol. The largest absolute Gasteiger partial charge is 0.452 e. The predicted molar refractivity (Wildman–Crippen MR) is 98.6 cm³/mol. The maximum atomic E-state index is 12.0. The van der Waals surface area contributed by atoms with Gasteiger partial charge in [-0.25, -0.2) is 17.9 Å². The second kappa shape index (κ2) is 9.46. The van der Waals surface area contributed by atoms with Crippen LogP contribution >= 0.6 is 11.3 Å². The second-order valence-corrected chi connectivity index (χ2v) is 8.08. The first-order chi connectivity index (χ1) is 12.4. The Bertz CT molecular complexity index is 848. The van der Waals surface area contributed by atoms with Crippen molar-refractivity contribution in [2.24, 2.45) is 0 Å². The van der Waals surface area contributed by atoms with Crippen LogP contribution in [0.1, 0.15) is 22.2 Å². The molecule has 0 unspecified atom stereocenters. The number of hydrogen-bond donors (Lipinski definition) is 2. The SMILES string of the molecule is CCNS(=O)(=O)c1cccc(C(=O)OCC(=O)NCCc2cccs2)c1. The molecule has 1 aromatic carbocycles. The molecule has 1 amide bonds. The molecule has 2 N–H and O–H groups in total. The third kappa shape index (κ3) is 5.94. The maximum Gasteiger partial charge on any atom is 0.338 e. The summed E-state index contributed by atoms with van der Waals surface area (Å²) < 4.78 is 31.2. The fourth-order valence-corrected chi connectivity index (χ4v) is 3.90. The van der Waals surface area contributed by atoms with E-state index in [1.807, 2.05) is 17.5 Å². The van der Waals surface area contributed by atoms with Crippen molar-refractivity contribution in [3.05, 3.63) is 52.2 Å². The lowest BCUT2D eigenvalue weighted by atomic mass is 10.2. The number of nitrogens with one attached hydrogen (secondary N) is 2. The van der Waals surface area contributed by atoms with Crippen molar-refractivity contribution in [3.8, 4) is 0 Å². The van der Waals surface area contributed by atoms with Crippen LogP contribution in [0.4, 0.5) is 0 Å². The van der Waals surface area contributed by atoms with Crippen LogP contribution in [-0.2, 0) is 26.0 Å². The zero-order valence-corrected chi connectivity index (χ0v) is 15.9. The molecule has 0 spiro atoms. The molecule has 0 aliphatic rings. The van der Waals surface area contributed by atoms with Crippen LogP contribution in [0, 0.1) is 0 Å². The first kappa shape index (κ1) is 20.1. The number of sulfonamides is 1. The molecule has 0 bridgehead atoms. The lowest BCUT2D eigenvalue weighted by molar-refractivity contribution is -0.124. The Labute approximate surface area is 156 Å². The molecular formula is C17H20N2O5S2. The van der Waals surface area contributed by atoms with E-state index in [4.69, 9.17) is 4.74 Å². The highest BCUT2D eigenvalue weighted by atomic mass is 32.2. The number of amides is 1. The van der Waals surface area contributed by atoms with E-state index in [-0.39, 0.29) is 17.0 Å². The van der Waals surface area contributed by atoms with Gasteiger partial charge in [-0.3, -0.25) is 4.79 Å². The fraction of sp³-hybridized carbons (Fsp3) is 0.294. The summed E-state index contributed by atoms with van der Waals surface area (Å²) >= 11 is 1.61. The first-order valence-electron chi connectivity index (χ1n) is 7.98. The van der Waals surface area contributed by atoms with Gasteiger partial charge in [-0.1, -0.05) is 19.1 Å². The van der Waals surface area contributed by atoms with Crippen LogP contribution in [0.25, 0.3) is 0 Å². The maximum absolute atomic E-state index is 12.0. The third-order valence-corrected chi connectivity index (χ3v) is 5.80. The van der Waals surface area contributed by atoms with Crippen molar-refractivity contribution in [3.63, 3.8) is 0 Å². The summed E-state index contributed by atoms with van der Waals surface area (Å²) in [5.74, 6) is -1.17. The number of rotatable bonds is 9. The van der Waals surface area contributed by atoms with E-state index in [9.17, 15) is 18.0 Å². The lowest BCUT2D eigenvalue weighted by Gasteiger charge is -2.08. The molecule has 2 aromatic rings. The van der Waals surface area contributed by atoms with Gasteiger partial charge in [-0.15, -0.1) is 11.3 Å². The topological polar surface area (TPSA) is 102 Å². The van der Waals surface area contributed by atoms with Crippen molar-refractivity contribution in [1.29, 1.82) is 0 Å². The van der Waals surface area contributed by atoms with E-state index in [2.05, 4.69) is 10.0 Å². The molecule has 1 heterocycles. The molecule has 0 radical (unpaired) electrons. The van der Waals surface area contributed by atoms with Gasteiger partial charge in [0.1, 0.15) is 0 Å². The van der Waals surface area contributed by atoms with Crippen LogP contribution in [0.5, 0.6) is 0 Å². The summed E-state index contributed by atoms with van der Waals surface area (Å²) in [5.41, 5.74) is 0.0652. The molecule has 0 fully saturated rings. The molecule has 0 atom stereocenters. The van der Waals surface area contributed by atoms with Crippen molar-refractivity contribution < 1.29 is 22.7 Å². The van der Waals surface area contributed by atoms with Gasteiger partial charge in [-0.2, -0.15) is 0 Å². The predicted octanol–water partition coefficient (Wildman–Crippen LogP) is 1.56. The number of esters is 1. The van der Waals surface area contributed by atoms with E-state index >= 15 is 0 Å². The van der Waals surface area contributed by atoms with Crippen molar-refractivity contribution in [2.45, 2.75) is 18.2 Å². The van der Waals surface area contributed by atoms with Gasteiger partial charge in [0.15, 0.2) is 6.61 Å². The quantitative estimate of drug-likeness (QED) is 0.627. The molecule has 140 valence electrons. The number of benzene rings is 1. The van der Waals surface area contributed by atoms with E-state index in [0.717, 1.165) is 4.88 Å².